The highest BCUT2D eigenvalue weighted by molar-refractivity contribution is 6.02. The lowest BCUT2D eigenvalue weighted by Gasteiger charge is -2.20. The first kappa shape index (κ1) is 14.7. The van der Waals surface area contributed by atoms with Crippen molar-refractivity contribution in [1.29, 1.82) is 0 Å². The van der Waals surface area contributed by atoms with E-state index >= 15 is 0 Å². The number of fused-ring (bicyclic) bond motifs is 1. The van der Waals surface area contributed by atoms with Gasteiger partial charge in [-0.3, -0.25) is 9.36 Å². The molecule has 0 atom stereocenters. The Labute approximate surface area is 140 Å². The van der Waals surface area contributed by atoms with Gasteiger partial charge in [-0.15, -0.1) is 5.10 Å². The molecule has 0 bridgehead atoms. The van der Waals surface area contributed by atoms with E-state index in [4.69, 9.17) is 0 Å². The Morgan fingerprint density at radius 2 is 1.92 bits per heavy atom. The van der Waals surface area contributed by atoms with Crippen LogP contribution < -0.4 is 10.7 Å². The molecular formula is C16H10N7O2-. The van der Waals surface area contributed by atoms with Crippen LogP contribution in [0.5, 0.6) is 5.88 Å². The van der Waals surface area contributed by atoms with Gasteiger partial charge < -0.3 is 5.11 Å². The molecule has 4 rings (SSSR count). The zero-order valence-electron chi connectivity index (χ0n) is 12.7. The van der Waals surface area contributed by atoms with Gasteiger partial charge in [-0.2, -0.15) is 5.21 Å². The summed E-state index contributed by atoms with van der Waals surface area (Å²) in [5, 5.41) is 26.9. The summed E-state index contributed by atoms with van der Waals surface area (Å²) >= 11 is 0. The zero-order chi connectivity index (χ0) is 17.2. The molecule has 0 aliphatic carbocycles. The average Bonchev–Trinajstić information content (AvgIpc) is 3.16. The quantitative estimate of drug-likeness (QED) is 0.551. The van der Waals surface area contributed by atoms with E-state index in [0.29, 0.717) is 10.8 Å². The Balaban J connectivity index is 2.03. The highest BCUT2D eigenvalue weighted by Gasteiger charge is 2.12. The van der Waals surface area contributed by atoms with E-state index in [-0.39, 0.29) is 17.3 Å². The van der Waals surface area contributed by atoms with E-state index in [9.17, 15) is 9.90 Å². The molecule has 0 fully saturated rings. The first-order valence-electron chi connectivity index (χ1n) is 7.29. The molecule has 122 valence electrons. The summed E-state index contributed by atoms with van der Waals surface area (Å²) in [6.07, 6.45) is 2.85. The molecule has 0 saturated heterocycles. The summed E-state index contributed by atoms with van der Waals surface area (Å²) in [7, 11) is 0. The van der Waals surface area contributed by atoms with Crippen molar-refractivity contribution in [3.8, 4) is 11.7 Å². The van der Waals surface area contributed by atoms with Gasteiger partial charge in [0.2, 0.25) is 0 Å². The Kier molecular flexibility index (Phi) is 3.51. The normalized spacial score (nSPS) is 11.4. The van der Waals surface area contributed by atoms with E-state index in [1.807, 2.05) is 0 Å². The standard InChI is InChI=1S/C16H11N7O2/c24-14-11-6-2-1-5-10(11)12(9-18-16-19-21-22-20-16)15(25)23(14)13-7-3-4-8-17-13/h1-9,25H,(H,19,20,21,22)/p-1. The average molecular weight is 332 g/mol. The van der Waals surface area contributed by atoms with E-state index in [0.717, 1.165) is 4.57 Å². The van der Waals surface area contributed by atoms with Crippen LogP contribution in [0.1, 0.15) is 5.56 Å². The predicted molar refractivity (Wildman–Crippen MR) is 88.2 cm³/mol. The number of tetrazole rings is 1. The number of pyridine rings is 2. The molecule has 0 radical (unpaired) electrons. The van der Waals surface area contributed by atoms with Crippen molar-refractivity contribution < 1.29 is 5.11 Å². The molecule has 0 aliphatic rings. The van der Waals surface area contributed by atoms with Crippen molar-refractivity contribution >= 4 is 22.9 Å². The molecule has 1 aromatic carbocycles. The third-order valence-corrected chi connectivity index (χ3v) is 3.61. The van der Waals surface area contributed by atoms with Gasteiger partial charge in [0.1, 0.15) is 5.82 Å². The zero-order valence-corrected chi connectivity index (χ0v) is 12.7. The number of rotatable bonds is 3. The van der Waals surface area contributed by atoms with Gasteiger partial charge >= 0.3 is 0 Å². The number of hydrogen-bond acceptors (Lipinski definition) is 7. The lowest BCUT2D eigenvalue weighted by Crippen LogP contribution is -2.24. The first-order valence-corrected chi connectivity index (χ1v) is 7.29. The second kappa shape index (κ2) is 5.96. The Morgan fingerprint density at radius 1 is 1.12 bits per heavy atom. The molecule has 3 aromatic heterocycles. The molecule has 0 amide bonds. The molecule has 0 spiro atoms. The summed E-state index contributed by atoms with van der Waals surface area (Å²) in [5.74, 6) is -0.189. The number of nitrogens with one attached hydrogen (secondary N) is 1. The number of aliphatic imine (C=N–C) groups is 1. The van der Waals surface area contributed by atoms with E-state index in [1.54, 1.807) is 42.5 Å². The number of benzene rings is 1. The largest absolute Gasteiger partial charge is 0.859 e. The van der Waals surface area contributed by atoms with Crippen LogP contribution in [0.4, 0.5) is 5.95 Å². The monoisotopic (exact) mass is 332 g/mol. The van der Waals surface area contributed by atoms with E-state index in [2.05, 4.69) is 30.6 Å². The van der Waals surface area contributed by atoms with Crippen LogP contribution in [0, 0.1) is 0 Å². The summed E-state index contributed by atoms with van der Waals surface area (Å²) in [4.78, 5) is 20.9. The number of aromatic amines is 1. The number of aromatic nitrogens is 6. The minimum Gasteiger partial charge on any atom is -0.859 e. The molecular weight excluding hydrogens is 322 g/mol. The SMILES string of the molecule is O=c1c2ccccc2c(C=Nc2nn[nH]n2)c([O-])n1-c1ccccn1. The Hall–Kier alpha value is -3.88. The van der Waals surface area contributed by atoms with Crippen molar-refractivity contribution in [3.05, 3.63) is 64.6 Å². The summed E-state index contributed by atoms with van der Waals surface area (Å²) in [6.45, 7) is 0. The molecule has 0 saturated carbocycles. The predicted octanol–water partition coefficient (Wildman–Crippen LogP) is 0.723. The number of H-pyrrole nitrogens is 1. The molecule has 9 heteroatoms. The van der Waals surface area contributed by atoms with E-state index < -0.39 is 11.4 Å². The maximum atomic E-state index is 12.9. The Bertz CT molecular complexity index is 1120. The number of nitrogens with zero attached hydrogens (tertiary/aromatic N) is 6. The smallest absolute Gasteiger partial charge is 0.288 e. The summed E-state index contributed by atoms with van der Waals surface area (Å²) in [6, 6.07) is 11.8. The van der Waals surface area contributed by atoms with Crippen molar-refractivity contribution in [3.63, 3.8) is 0 Å². The minimum atomic E-state index is -0.519. The summed E-state index contributed by atoms with van der Waals surface area (Å²) in [5.41, 5.74) is -0.193. The molecule has 0 unspecified atom stereocenters. The third kappa shape index (κ3) is 2.53. The van der Waals surface area contributed by atoms with Crippen LogP contribution in [-0.4, -0.2) is 36.4 Å². The van der Waals surface area contributed by atoms with Crippen molar-refractivity contribution in [1.82, 2.24) is 30.2 Å². The fourth-order valence-corrected chi connectivity index (χ4v) is 2.51. The Morgan fingerprint density at radius 3 is 2.64 bits per heavy atom. The fraction of sp³-hybridized carbons (Fsp3) is 0. The fourth-order valence-electron chi connectivity index (χ4n) is 2.51. The van der Waals surface area contributed by atoms with Gasteiger partial charge in [-0.05, 0) is 34.7 Å². The van der Waals surface area contributed by atoms with Gasteiger partial charge in [-0.1, -0.05) is 29.4 Å². The lowest BCUT2D eigenvalue weighted by molar-refractivity contribution is -0.277. The molecule has 1 N–H and O–H groups in total. The molecule has 3 heterocycles. The molecule has 4 aromatic rings. The molecule has 9 nitrogen and oxygen atoms in total. The van der Waals surface area contributed by atoms with Crippen LogP contribution >= 0.6 is 0 Å². The highest BCUT2D eigenvalue weighted by Crippen LogP contribution is 2.23. The van der Waals surface area contributed by atoms with Crippen LogP contribution in [0.25, 0.3) is 16.6 Å². The van der Waals surface area contributed by atoms with Crippen molar-refractivity contribution in [2.75, 3.05) is 0 Å². The topological polar surface area (TPSA) is 125 Å². The van der Waals surface area contributed by atoms with Gasteiger partial charge in [0.15, 0.2) is 0 Å². The van der Waals surface area contributed by atoms with Crippen molar-refractivity contribution in [2.24, 2.45) is 4.99 Å². The maximum Gasteiger partial charge on any atom is 0.288 e. The van der Waals surface area contributed by atoms with Gasteiger partial charge in [-0.25, -0.2) is 9.98 Å². The van der Waals surface area contributed by atoms with Gasteiger partial charge in [0.25, 0.3) is 11.5 Å². The second-order valence-electron chi connectivity index (χ2n) is 5.06. The van der Waals surface area contributed by atoms with Crippen LogP contribution in [0.15, 0.2) is 58.4 Å². The first-order chi connectivity index (χ1) is 12.3. The molecule has 0 aliphatic heterocycles. The third-order valence-electron chi connectivity index (χ3n) is 3.61. The number of hydrogen-bond donors (Lipinski definition) is 1. The lowest BCUT2D eigenvalue weighted by atomic mass is 10.1. The van der Waals surface area contributed by atoms with Gasteiger partial charge in [0.05, 0.1) is 0 Å². The summed E-state index contributed by atoms with van der Waals surface area (Å²) < 4.78 is 1.03. The van der Waals surface area contributed by atoms with Crippen LogP contribution in [0.3, 0.4) is 0 Å². The van der Waals surface area contributed by atoms with Crippen LogP contribution in [-0.2, 0) is 0 Å². The second-order valence-corrected chi connectivity index (χ2v) is 5.06. The van der Waals surface area contributed by atoms with Crippen LogP contribution in [0.2, 0.25) is 0 Å². The van der Waals surface area contributed by atoms with Crippen molar-refractivity contribution in [2.45, 2.75) is 0 Å². The minimum absolute atomic E-state index is 0.0825. The molecule has 25 heavy (non-hydrogen) atoms. The maximum absolute atomic E-state index is 12.9. The van der Waals surface area contributed by atoms with E-state index in [1.165, 1.54) is 12.4 Å². The highest BCUT2D eigenvalue weighted by atomic mass is 16.3. The van der Waals surface area contributed by atoms with Gasteiger partial charge in [0, 0.05) is 23.4 Å².